The number of aromatic nitrogens is 4. The van der Waals surface area contributed by atoms with E-state index in [1.54, 1.807) is 48.8 Å². The minimum Gasteiger partial charge on any atom is -0.462 e. The van der Waals surface area contributed by atoms with Gasteiger partial charge < -0.3 is 14.6 Å². The number of benzene rings is 1. The first-order chi connectivity index (χ1) is 16.6. The van der Waals surface area contributed by atoms with Crippen LogP contribution in [0.2, 0.25) is 0 Å². The summed E-state index contributed by atoms with van der Waals surface area (Å²) in [5.41, 5.74) is 1.43. The molecule has 13 heteroatoms. The molecule has 186 valence electrons. The smallest absolute Gasteiger partial charge is 0.350 e. The summed E-state index contributed by atoms with van der Waals surface area (Å²) in [7, 11) is -3.63. The van der Waals surface area contributed by atoms with Crippen LogP contribution in [0.25, 0.3) is 0 Å². The second-order valence-corrected chi connectivity index (χ2v) is 11.3. The molecule has 0 bridgehead atoms. The highest BCUT2D eigenvalue weighted by molar-refractivity contribution is 7.99. The average Bonchev–Trinajstić information content (AvgIpc) is 3.35. The van der Waals surface area contributed by atoms with Crippen LogP contribution < -0.4 is 5.32 Å². The van der Waals surface area contributed by atoms with Gasteiger partial charge in [0.2, 0.25) is 5.91 Å². The maximum absolute atomic E-state index is 12.8. The van der Waals surface area contributed by atoms with Gasteiger partial charge in [-0.1, -0.05) is 46.9 Å². The topological polar surface area (TPSA) is 133 Å². The molecule has 0 saturated carbocycles. The van der Waals surface area contributed by atoms with Crippen molar-refractivity contribution in [3.63, 3.8) is 0 Å². The van der Waals surface area contributed by atoms with E-state index in [1.807, 2.05) is 6.92 Å². The number of nitrogens with one attached hydrogen (secondary N) is 1. The van der Waals surface area contributed by atoms with E-state index in [0.29, 0.717) is 15.7 Å². The zero-order chi connectivity index (χ0) is 25.6. The minimum absolute atomic E-state index is 0.0205. The molecule has 0 fully saturated rings. The molecule has 3 aromatic rings. The third kappa shape index (κ3) is 6.77. The van der Waals surface area contributed by atoms with Crippen molar-refractivity contribution in [3.8, 4) is 0 Å². The van der Waals surface area contributed by atoms with Gasteiger partial charge in [-0.25, -0.2) is 18.2 Å². The number of sulfone groups is 1. The van der Waals surface area contributed by atoms with E-state index in [9.17, 15) is 18.0 Å². The van der Waals surface area contributed by atoms with Crippen LogP contribution in [0.5, 0.6) is 0 Å². The van der Waals surface area contributed by atoms with Gasteiger partial charge in [0, 0.05) is 6.54 Å². The van der Waals surface area contributed by atoms with Crippen LogP contribution in [0.15, 0.2) is 47.0 Å². The van der Waals surface area contributed by atoms with Crippen LogP contribution in [0.1, 0.15) is 33.7 Å². The first kappa shape index (κ1) is 26.6. The fourth-order valence-electron chi connectivity index (χ4n) is 2.97. The van der Waals surface area contributed by atoms with Gasteiger partial charge in [0.25, 0.3) is 0 Å². The summed E-state index contributed by atoms with van der Waals surface area (Å²) in [6.07, 6.45) is 1.60. The van der Waals surface area contributed by atoms with Crippen LogP contribution in [0.3, 0.4) is 0 Å². The Hall–Kier alpha value is -3.03. The lowest BCUT2D eigenvalue weighted by Crippen LogP contribution is -2.15. The van der Waals surface area contributed by atoms with Crippen LogP contribution in [0.4, 0.5) is 5.13 Å². The predicted molar refractivity (Wildman–Crippen MR) is 134 cm³/mol. The molecule has 1 amide bonds. The number of ether oxygens (including phenoxy) is 1. The number of carbonyl (C=O) groups excluding carboxylic acids is 2. The second-order valence-electron chi connectivity index (χ2n) is 7.36. The van der Waals surface area contributed by atoms with Gasteiger partial charge in [0.15, 0.2) is 20.1 Å². The molecule has 1 N–H and O–H groups in total. The molecule has 2 heterocycles. The number of anilines is 1. The van der Waals surface area contributed by atoms with Crippen molar-refractivity contribution < 1.29 is 22.7 Å². The lowest BCUT2D eigenvalue weighted by atomic mass is 10.2. The number of carbonyl (C=O) groups is 2. The Morgan fingerprint density at radius 1 is 1.23 bits per heavy atom. The Morgan fingerprint density at radius 3 is 2.60 bits per heavy atom. The van der Waals surface area contributed by atoms with Gasteiger partial charge in [-0.3, -0.25) is 4.79 Å². The Labute approximate surface area is 211 Å². The third-order valence-corrected chi connectivity index (χ3v) is 8.29. The molecule has 1 aromatic carbocycles. The molecule has 0 radical (unpaired) electrons. The van der Waals surface area contributed by atoms with Gasteiger partial charge in [-0.2, -0.15) is 0 Å². The monoisotopic (exact) mass is 535 g/mol. The van der Waals surface area contributed by atoms with Gasteiger partial charge >= 0.3 is 5.97 Å². The maximum atomic E-state index is 12.8. The Morgan fingerprint density at radius 2 is 1.94 bits per heavy atom. The molecule has 0 aliphatic rings. The lowest BCUT2D eigenvalue weighted by Gasteiger charge is -2.08. The average molecular weight is 536 g/mol. The number of amides is 1. The van der Waals surface area contributed by atoms with Gasteiger partial charge in [-0.15, -0.1) is 16.8 Å². The Balaban J connectivity index is 1.68. The van der Waals surface area contributed by atoms with E-state index < -0.39 is 15.8 Å². The number of thioether (sulfide) groups is 1. The molecule has 3 rings (SSSR count). The van der Waals surface area contributed by atoms with Crippen molar-refractivity contribution in [2.75, 3.05) is 17.7 Å². The molecule has 35 heavy (non-hydrogen) atoms. The number of hydrogen-bond donors (Lipinski definition) is 1. The predicted octanol–water partition coefficient (Wildman–Crippen LogP) is 3.42. The number of aryl methyl sites for hydroxylation is 2. The number of nitrogens with zero attached hydrogens (tertiary/aromatic N) is 4. The standard InChI is InChI=1S/C22H25N5O5S3/c1-5-11-27-17(13-35(30,31)16-9-7-14(3)8-10-16)25-26-22(27)33-12-18(28)24-21-23-15(4)19(34-21)20(29)32-6-2/h5,7-10H,1,6,11-13H2,2-4H3,(H,23,24,28). The van der Waals surface area contributed by atoms with Crippen molar-refractivity contribution in [1.82, 2.24) is 19.7 Å². The molecule has 0 aliphatic carbocycles. The number of esters is 1. The van der Waals surface area contributed by atoms with E-state index in [4.69, 9.17) is 4.74 Å². The highest BCUT2D eigenvalue weighted by atomic mass is 32.2. The number of thiazole rings is 1. The fraction of sp³-hybridized carbons (Fsp3) is 0.318. The zero-order valence-electron chi connectivity index (χ0n) is 19.5. The fourth-order valence-corrected chi connectivity index (χ4v) is 5.88. The maximum Gasteiger partial charge on any atom is 0.350 e. The minimum atomic E-state index is -3.63. The summed E-state index contributed by atoms with van der Waals surface area (Å²) < 4.78 is 32.3. The van der Waals surface area contributed by atoms with Crippen LogP contribution in [-0.2, 0) is 31.7 Å². The van der Waals surface area contributed by atoms with Crippen molar-refractivity contribution in [2.45, 2.75) is 43.1 Å². The van der Waals surface area contributed by atoms with E-state index in [-0.39, 0.29) is 46.4 Å². The van der Waals surface area contributed by atoms with Gasteiger partial charge in [0.05, 0.1) is 22.9 Å². The quantitative estimate of drug-likeness (QED) is 0.223. The lowest BCUT2D eigenvalue weighted by molar-refractivity contribution is -0.113. The van der Waals surface area contributed by atoms with E-state index in [2.05, 4.69) is 27.1 Å². The van der Waals surface area contributed by atoms with Crippen LogP contribution in [0, 0.1) is 13.8 Å². The highest BCUT2D eigenvalue weighted by Crippen LogP contribution is 2.25. The summed E-state index contributed by atoms with van der Waals surface area (Å²) in [6.45, 7) is 9.49. The first-order valence-corrected chi connectivity index (χ1v) is 14.0. The van der Waals surface area contributed by atoms with Crippen molar-refractivity contribution in [3.05, 3.63) is 58.9 Å². The molecule has 0 unspecified atom stereocenters. The molecule has 2 aromatic heterocycles. The molecule has 10 nitrogen and oxygen atoms in total. The highest BCUT2D eigenvalue weighted by Gasteiger charge is 2.22. The van der Waals surface area contributed by atoms with Crippen LogP contribution in [-0.4, -0.2) is 52.4 Å². The number of hydrogen-bond acceptors (Lipinski definition) is 10. The number of allylic oxidation sites excluding steroid dienone is 1. The molecular weight excluding hydrogens is 510 g/mol. The second kappa shape index (κ2) is 11.6. The normalized spacial score (nSPS) is 11.3. The van der Waals surface area contributed by atoms with Crippen molar-refractivity contribution >= 4 is 49.9 Å². The SMILES string of the molecule is C=CCn1c(CS(=O)(=O)c2ccc(C)cc2)nnc1SCC(=O)Nc1nc(C)c(C(=O)OCC)s1. The summed E-state index contributed by atoms with van der Waals surface area (Å²) in [5.74, 6) is -0.946. The van der Waals surface area contributed by atoms with Crippen molar-refractivity contribution in [1.29, 1.82) is 0 Å². The molecule has 0 aliphatic heterocycles. The molecule has 0 spiro atoms. The summed E-state index contributed by atoms with van der Waals surface area (Å²) >= 11 is 2.14. The largest absolute Gasteiger partial charge is 0.462 e. The van der Waals surface area contributed by atoms with E-state index >= 15 is 0 Å². The van der Waals surface area contributed by atoms with Crippen LogP contribution >= 0.6 is 23.1 Å². The molecule has 0 atom stereocenters. The summed E-state index contributed by atoms with van der Waals surface area (Å²) in [4.78, 5) is 29.1. The Kier molecular flexibility index (Phi) is 8.81. The Bertz CT molecular complexity index is 1330. The molecular formula is C22H25N5O5S3. The summed E-state index contributed by atoms with van der Waals surface area (Å²) in [6, 6.07) is 6.60. The molecule has 0 saturated heterocycles. The van der Waals surface area contributed by atoms with E-state index in [1.165, 1.54) is 0 Å². The summed E-state index contributed by atoms with van der Waals surface area (Å²) in [5, 5.41) is 11.5. The van der Waals surface area contributed by atoms with Gasteiger partial charge in [-0.05, 0) is 32.9 Å². The first-order valence-electron chi connectivity index (χ1n) is 10.5. The zero-order valence-corrected chi connectivity index (χ0v) is 21.9. The van der Waals surface area contributed by atoms with E-state index in [0.717, 1.165) is 28.7 Å². The number of rotatable bonds is 11. The third-order valence-electron chi connectivity index (χ3n) is 4.64. The van der Waals surface area contributed by atoms with Crippen molar-refractivity contribution in [2.24, 2.45) is 0 Å². The van der Waals surface area contributed by atoms with Gasteiger partial charge in [0.1, 0.15) is 16.5 Å².